The fraction of sp³-hybridized carbons (Fsp3) is 0.533. The predicted molar refractivity (Wildman–Crippen MR) is 79.5 cm³/mol. The van der Waals surface area contributed by atoms with Crippen molar-refractivity contribution in [3.8, 4) is 5.75 Å². The van der Waals surface area contributed by atoms with Crippen molar-refractivity contribution in [2.24, 2.45) is 5.92 Å². The van der Waals surface area contributed by atoms with Crippen LogP contribution in [0.25, 0.3) is 0 Å². The van der Waals surface area contributed by atoms with Crippen LogP contribution in [0.3, 0.4) is 0 Å². The molecule has 0 aliphatic heterocycles. The molecule has 0 saturated heterocycles. The molecule has 1 amide bonds. The lowest BCUT2D eigenvalue weighted by molar-refractivity contribution is -0.130. The predicted octanol–water partition coefficient (Wildman–Crippen LogP) is 2.42. The molecule has 0 aromatic heterocycles. The van der Waals surface area contributed by atoms with E-state index in [0.717, 1.165) is 36.4 Å². The zero-order valence-corrected chi connectivity index (χ0v) is 13.2. The Kier molecular flexibility index (Phi) is 4.88. The van der Waals surface area contributed by atoms with Crippen molar-refractivity contribution in [2.75, 3.05) is 14.2 Å². The van der Waals surface area contributed by atoms with Crippen molar-refractivity contribution in [3.63, 3.8) is 0 Å². The van der Waals surface area contributed by atoms with Crippen molar-refractivity contribution in [1.29, 1.82) is 0 Å². The van der Waals surface area contributed by atoms with Gasteiger partial charge in [0.15, 0.2) is 0 Å². The third-order valence-electron chi connectivity index (χ3n) is 3.98. The quantitative estimate of drug-likeness (QED) is 0.856. The van der Waals surface area contributed by atoms with E-state index in [1.807, 2.05) is 0 Å². The van der Waals surface area contributed by atoms with Gasteiger partial charge in [0.2, 0.25) is 5.91 Å². The van der Waals surface area contributed by atoms with Gasteiger partial charge in [0.25, 0.3) is 10.0 Å². The Balaban J connectivity index is 2.18. The molecular formula is C15H21NO4S. The van der Waals surface area contributed by atoms with Crippen LogP contribution < -0.4 is 4.74 Å². The van der Waals surface area contributed by atoms with E-state index < -0.39 is 10.0 Å². The highest BCUT2D eigenvalue weighted by Crippen LogP contribution is 2.27. The minimum absolute atomic E-state index is 0.106. The molecule has 0 bridgehead atoms. The van der Waals surface area contributed by atoms with Crippen molar-refractivity contribution in [1.82, 2.24) is 4.31 Å². The average Bonchev–Trinajstić information content (AvgIpc) is 2.54. The van der Waals surface area contributed by atoms with E-state index in [4.69, 9.17) is 4.74 Å². The summed E-state index contributed by atoms with van der Waals surface area (Å²) in [6.45, 7) is 0. The van der Waals surface area contributed by atoms with Crippen molar-refractivity contribution in [2.45, 2.75) is 37.0 Å². The van der Waals surface area contributed by atoms with Crippen molar-refractivity contribution >= 4 is 15.9 Å². The number of carbonyl (C=O) groups is 1. The summed E-state index contributed by atoms with van der Waals surface area (Å²) in [6.07, 6.45) is 4.67. The Labute approximate surface area is 126 Å². The van der Waals surface area contributed by atoms with E-state index in [1.54, 1.807) is 12.1 Å². The molecule has 0 spiro atoms. The SMILES string of the molecule is COc1ccc(S(=O)(=O)N(C)C(=O)C2CCCCC2)cc1. The number of carbonyl (C=O) groups excluding carboxylic acids is 1. The molecule has 0 atom stereocenters. The van der Waals surface area contributed by atoms with Gasteiger partial charge in [-0.25, -0.2) is 12.7 Å². The molecule has 21 heavy (non-hydrogen) atoms. The summed E-state index contributed by atoms with van der Waals surface area (Å²) in [5.41, 5.74) is 0. The lowest BCUT2D eigenvalue weighted by Crippen LogP contribution is -2.38. The molecule has 0 heterocycles. The van der Waals surface area contributed by atoms with Crippen LogP contribution in [0.1, 0.15) is 32.1 Å². The van der Waals surface area contributed by atoms with Gasteiger partial charge in [-0.2, -0.15) is 0 Å². The van der Waals surface area contributed by atoms with Crippen LogP contribution in [0.4, 0.5) is 0 Å². The summed E-state index contributed by atoms with van der Waals surface area (Å²) in [5.74, 6) is 0.109. The summed E-state index contributed by atoms with van der Waals surface area (Å²) in [5, 5.41) is 0. The number of methoxy groups -OCH3 is 1. The van der Waals surface area contributed by atoms with Crippen molar-refractivity contribution < 1.29 is 17.9 Å². The number of sulfonamides is 1. The fourth-order valence-corrected chi connectivity index (χ4v) is 3.81. The van der Waals surface area contributed by atoms with E-state index in [0.29, 0.717) is 5.75 Å². The molecule has 116 valence electrons. The fourth-order valence-electron chi connectivity index (χ4n) is 2.63. The highest BCUT2D eigenvalue weighted by molar-refractivity contribution is 7.89. The molecule has 0 N–H and O–H groups in total. The summed E-state index contributed by atoms with van der Waals surface area (Å²) >= 11 is 0. The maximum absolute atomic E-state index is 12.5. The van der Waals surface area contributed by atoms with Crippen LogP contribution in [0.5, 0.6) is 5.75 Å². The Hall–Kier alpha value is -1.56. The summed E-state index contributed by atoms with van der Waals surface area (Å²) in [6, 6.07) is 6.06. The van der Waals surface area contributed by atoms with Gasteiger partial charge in [-0.3, -0.25) is 4.79 Å². The molecule has 0 unspecified atom stereocenters. The number of ether oxygens (including phenoxy) is 1. The molecule has 6 heteroatoms. The largest absolute Gasteiger partial charge is 0.497 e. The van der Waals surface area contributed by atoms with Crippen LogP contribution in [-0.4, -0.2) is 32.8 Å². The summed E-state index contributed by atoms with van der Waals surface area (Å²) in [7, 11) is -0.924. The lowest BCUT2D eigenvalue weighted by atomic mass is 9.89. The van der Waals surface area contributed by atoms with Gasteiger partial charge in [0, 0.05) is 13.0 Å². The minimum Gasteiger partial charge on any atom is -0.497 e. The molecule has 1 fully saturated rings. The third-order valence-corrected chi connectivity index (χ3v) is 5.75. The average molecular weight is 311 g/mol. The number of hydrogen-bond donors (Lipinski definition) is 0. The monoisotopic (exact) mass is 311 g/mol. The van der Waals surface area contributed by atoms with Gasteiger partial charge >= 0.3 is 0 Å². The second kappa shape index (κ2) is 6.47. The Bertz CT molecular complexity index is 589. The number of benzene rings is 1. The van der Waals surface area contributed by atoms with E-state index in [1.165, 1.54) is 26.3 Å². The zero-order chi connectivity index (χ0) is 15.5. The van der Waals surface area contributed by atoms with Gasteiger partial charge in [-0.15, -0.1) is 0 Å². The van der Waals surface area contributed by atoms with Gasteiger partial charge in [-0.1, -0.05) is 19.3 Å². The van der Waals surface area contributed by atoms with E-state index >= 15 is 0 Å². The topological polar surface area (TPSA) is 63.7 Å². The Morgan fingerprint density at radius 3 is 2.24 bits per heavy atom. The van der Waals surface area contributed by atoms with Crippen LogP contribution >= 0.6 is 0 Å². The molecule has 0 radical (unpaired) electrons. The van der Waals surface area contributed by atoms with E-state index in [9.17, 15) is 13.2 Å². The molecular weight excluding hydrogens is 290 g/mol. The van der Waals surface area contributed by atoms with Crippen LogP contribution in [0, 0.1) is 5.92 Å². The first-order valence-electron chi connectivity index (χ1n) is 7.13. The van der Waals surface area contributed by atoms with Crippen LogP contribution in [0.2, 0.25) is 0 Å². The molecule has 1 saturated carbocycles. The third kappa shape index (κ3) is 3.37. The molecule has 2 rings (SSSR count). The minimum atomic E-state index is -3.78. The number of rotatable bonds is 4. The highest BCUT2D eigenvalue weighted by Gasteiger charge is 2.31. The second-order valence-corrected chi connectivity index (χ2v) is 7.29. The normalized spacial score (nSPS) is 16.5. The lowest BCUT2D eigenvalue weighted by Gasteiger charge is -2.26. The second-order valence-electron chi connectivity index (χ2n) is 5.32. The zero-order valence-electron chi connectivity index (χ0n) is 12.4. The maximum atomic E-state index is 12.5. The molecule has 1 aliphatic rings. The Morgan fingerprint density at radius 1 is 1.14 bits per heavy atom. The van der Waals surface area contributed by atoms with Gasteiger partial charge in [0.05, 0.1) is 12.0 Å². The van der Waals surface area contributed by atoms with Gasteiger partial charge < -0.3 is 4.74 Å². The van der Waals surface area contributed by atoms with Crippen LogP contribution in [0.15, 0.2) is 29.2 Å². The van der Waals surface area contributed by atoms with Gasteiger partial charge in [-0.05, 0) is 37.1 Å². The number of hydrogen-bond acceptors (Lipinski definition) is 4. The van der Waals surface area contributed by atoms with Crippen LogP contribution in [-0.2, 0) is 14.8 Å². The van der Waals surface area contributed by atoms with Crippen molar-refractivity contribution in [3.05, 3.63) is 24.3 Å². The standard InChI is InChI=1S/C15H21NO4S/c1-16(15(17)12-6-4-3-5-7-12)21(18,19)14-10-8-13(20-2)9-11-14/h8-12H,3-7H2,1-2H3. The first-order chi connectivity index (χ1) is 9.96. The maximum Gasteiger partial charge on any atom is 0.266 e. The van der Waals surface area contributed by atoms with E-state index in [2.05, 4.69) is 0 Å². The molecule has 1 aliphatic carbocycles. The van der Waals surface area contributed by atoms with Gasteiger partial charge in [0.1, 0.15) is 5.75 Å². The molecule has 1 aromatic carbocycles. The number of amides is 1. The number of nitrogens with zero attached hydrogens (tertiary/aromatic N) is 1. The Morgan fingerprint density at radius 2 is 1.71 bits per heavy atom. The van der Waals surface area contributed by atoms with E-state index in [-0.39, 0.29) is 16.7 Å². The summed E-state index contributed by atoms with van der Waals surface area (Å²) in [4.78, 5) is 12.5. The molecule has 1 aromatic rings. The molecule has 5 nitrogen and oxygen atoms in total. The highest BCUT2D eigenvalue weighted by atomic mass is 32.2. The summed E-state index contributed by atoms with van der Waals surface area (Å²) < 4.78 is 30.9. The first kappa shape index (κ1) is 15.8. The smallest absolute Gasteiger partial charge is 0.266 e. The first-order valence-corrected chi connectivity index (χ1v) is 8.57.